The lowest BCUT2D eigenvalue weighted by Gasteiger charge is -2.15. The third-order valence-corrected chi connectivity index (χ3v) is 13.7. The molecule has 390 valence electrons. The summed E-state index contributed by atoms with van der Waals surface area (Å²) in [5, 5.41) is 9.65. The van der Waals surface area contributed by atoms with Crippen LogP contribution in [0.15, 0.2) is 24.3 Å². The summed E-state index contributed by atoms with van der Waals surface area (Å²) < 4.78 is 10.7. The van der Waals surface area contributed by atoms with Gasteiger partial charge in [-0.2, -0.15) is 0 Å². The van der Waals surface area contributed by atoms with Gasteiger partial charge in [0.25, 0.3) is 0 Å². The second-order valence-corrected chi connectivity index (χ2v) is 20.4. The van der Waals surface area contributed by atoms with E-state index in [9.17, 15) is 14.7 Å². The number of carbonyl (C=O) groups excluding carboxylic acids is 2. The molecule has 0 radical (unpaired) electrons. The quantitative estimate of drug-likeness (QED) is 0.0374. The molecule has 0 amide bonds. The molecule has 0 rings (SSSR count). The maximum atomic E-state index is 12.3. The van der Waals surface area contributed by atoms with Gasteiger partial charge in [0, 0.05) is 12.8 Å². The number of ether oxygens (including phenoxy) is 2. The zero-order chi connectivity index (χ0) is 47.7. The standard InChI is InChI=1S/C61H116O5/c1-3-5-7-9-11-13-15-17-19-21-22-23-24-25-26-27-28-29-30-31-32-33-34-35-36-37-38-40-42-44-46-48-50-52-54-56-61(64)66-59(57-62)58-65-60(63)55-53-51-49-47-45-43-41-39-20-18-16-14-12-10-8-6-4-2/h18,20-22,59,62H,3-17,19,23-58H2,1-2H3/b20-18-,22-21-. The Bertz CT molecular complexity index is 1010. The number of hydrogen-bond donors (Lipinski definition) is 1. The molecular formula is C61H116O5. The zero-order valence-corrected chi connectivity index (χ0v) is 44.7. The van der Waals surface area contributed by atoms with E-state index >= 15 is 0 Å². The zero-order valence-electron chi connectivity index (χ0n) is 44.7. The molecule has 1 unspecified atom stereocenters. The SMILES string of the molecule is CCCCCCCC/C=C\CCCCCCCCCC(=O)OCC(CO)OC(=O)CCCCCCCCCCCCCCCCCCCCCCCCC/C=C\CCCCCCCCCC. The van der Waals surface area contributed by atoms with Crippen molar-refractivity contribution in [3.63, 3.8) is 0 Å². The molecule has 5 nitrogen and oxygen atoms in total. The van der Waals surface area contributed by atoms with Crippen molar-refractivity contribution in [1.29, 1.82) is 0 Å². The highest BCUT2D eigenvalue weighted by Gasteiger charge is 2.16. The van der Waals surface area contributed by atoms with Gasteiger partial charge in [0.05, 0.1) is 6.61 Å². The van der Waals surface area contributed by atoms with Crippen molar-refractivity contribution in [2.75, 3.05) is 13.2 Å². The Balaban J connectivity index is 3.38. The van der Waals surface area contributed by atoms with E-state index in [0.717, 1.165) is 38.5 Å². The summed E-state index contributed by atoms with van der Waals surface area (Å²) in [6.45, 7) is 4.18. The average Bonchev–Trinajstić information content (AvgIpc) is 3.32. The van der Waals surface area contributed by atoms with Gasteiger partial charge in [0.2, 0.25) is 0 Å². The van der Waals surface area contributed by atoms with E-state index in [1.807, 2.05) is 0 Å². The van der Waals surface area contributed by atoms with Gasteiger partial charge in [-0.05, 0) is 64.2 Å². The highest BCUT2D eigenvalue weighted by atomic mass is 16.6. The predicted molar refractivity (Wildman–Crippen MR) is 288 cm³/mol. The highest BCUT2D eigenvalue weighted by Crippen LogP contribution is 2.18. The molecule has 0 aliphatic carbocycles. The summed E-state index contributed by atoms with van der Waals surface area (Å²) in [4.78, 5) is 24.5. The molecule has 0 aromatic carbocycles. The van der Waals surface area contributed by atoms with Crippen molar-refractivity contribution in [3.8, 4) is 0 Å². The number of carbonyl (C=O) groups is 2. The van der Waals surface area contributed by atoms with Crippen molar-refractivity contribution in [1.82, 2.24) is 0 Å². The molecule has 1 atom stereocenters. The number of esters is 2. The van der Waals surface area contributed by atoms with E-state index in [2.05, 4.69) is 38.2 Å². The topological polar surface area (TPSA) is 72.8 Å². The third kappa shape index (κ3) is 55.0. The van der Waals surface area contributed by atoms with Crippen LogP contribution < -0.4 is 0 Å². The molecule has 0 aliphatic rings. The van der Waals surface area contributed by atoms with Gasteiger partial charge >= 0.3 is 11.9 Å². The van der Waals surface area contributed by atoms with E-state index < -0.39 is 6.10 Å². The van der Waals surface area contributed by atoms with Gasteiger partial charge in [0.1, 0.15) is 6.61 Å². The van der Waals surface area contributed by atoms with Crippen LogP contribution in [0.1, 0.15) is 335 Å². The molecule has 0 spiro atoms. The second kappa shape index (κ2) is 57.7. The predicted octanol–water partition coefficient (Wildman–Crippen LogP) is 20.1. The van der Waals surface area contributed by atoms with Crippen LogP contribution in [0.25, 0.3) is 0 Å². The molecule has 5 heteroatoms. The summed E-state index contributed by atoms with van der Waals surface area (Å²) in [6.07, 6.45) is 73.2. The van der Waals surface area contributed by atoms with Crippen molar-refractivity contribution in [2.45, 2.75) is 341 Å². The number of hydrogen-bond acceptors (Lipinski definition) is 5. The lowest BCUT2D eigenvalue weighted by atomic mass is 10.0. The minimum absolute atomic E-state index is 0.0624. The molecule has 0 bridgehead atoms. The third-order valence-electron chi connectivity index (χ3n) is 13.7. The molecule has 0 fully saturated rings. The summed E-state index contributed by atoms with van der Waals surface area (Å²) >= 11 is 0. The minimum atomic E-state index is -0.770. The van der Waals surface area contributed by atoms with Crippen LogP contribution in [0, 0.1) is 0 Å². The largest absolute Gasteiger partial charge is 0.462 e. The van der Waals surface area contributed by atoms with Crippen molar-refractivity contribution in [3.05, 3.63) is 24.3 Å². The Labute approximate surface area is 413 Å². The first-order valence-electron chi connectivity index (χ1n) is 29.9. The summed E-state index contributed by atoms with van der Waals surface area (Å²) in [5.41, 5.74) is 0. The fourth-order valence-corrected chi connectivity index (χ4v) is 9.20. The van der Waals surface area contributed by atoms with Gasteiger partial charge in [-0.1, -0.05) is 282 Å². The van der Waals surface area contributed by atoms with E-state index in [4.69, 9.17) is 9.47 Å². The average molecular weight is 930 g/mol. The van der Waals surface area contributed by atoms with E-state index in [-0.39, 0.29) is 25.2 Å². The fourth-order valence-electron chi connectivity index (χ4n) is 9.20. The summed E-state index contributed by atoms with van der Waals surface area (Å²) in [7, 11) is 0. The van der Waals surface area contributed by atoms with Crippen molar-refractivity contribution in [2.24, 2.45) is 0 Å². The van der Waals surface area contributed by atoms with Gasteiger partial charge in [-0.3, -0.25) is 9.59 Å². The Morgan fingerprint density at radius 3 is 0.818 bits per heavy atom. The van der Waals surface area contributed by atoms with Gasteiger partial charge in [-0.25, -0.2) is 0 Å². The summed E-state index contributed by atoms with van der Waals surface area (Å²) in [5.74, 6) is -0.577. The smallest absolute Gasteiger partial charge is 0.306 e. The number of rotatable bonds is 56. The van der Waals surface area contributed by atoms with Crippen LogP contribution >= 0.6 is 0 Å². The fraction of sp³-hybridized carbons (Fsp3) is 0.902. The molecule has 0 aliphatic heterocycles. The highest BCUT2D eigenvalue weighted by molar-refractivity contribution is 5.70. The van der Waals surface area contributed by atoms with E-state index in [0.29, 0.717) is 12.8 Å². The number of aliphatic hydroxyl groups excluding tert-OH is 1. The van der Waals surface area contributed by atoms with Crippen LogP contribution in [0.5, 0.6) is 0 Å². The van der Waals surface area contributed by atoms with Gasteiger partial charge in [0.15, 0.2) is 6.10 Å². The van der Waals surface area contributed by atoms with Crippen LogP contribution in [0.4, 0.5) is 0 Å². The lowest BCUT2D eigenvalue weighted by molar-refractivity contribution is -0.161. The molecule has 0 heterocycles. The molecule has 0 aromatic rings. The van der Waals surface area contributed by atoms with Crippen LogP contribution in [-0.2, 0) is 19.1 Å². The maximum Gasteiger partial charge on any atom is 0.306 e. The van der Waals surface area contributed by atoms with E-state index in [1.54, 1.807) is 0 Å². The number of unbranched alkanes of at least 4 members (excludes halogenated alkanes) is 44. The first-order chi connectivity index (χ1) is 32.6. The van der Waals surface area contributed by atoms with Crippen LogP contribution in [0.2, 0.25) is 0 Å². The Morgan fingerprint density at radius 1 is 0.333 bits per heavy atom. The first kappa shape index (κ1) is 64.4. The molecule has 1 N–H and O–H groups in total. The van der Waals surface area contributed by atoms with Crippen LogP contribution in [-0.4, -0.2) is 36.4 Å². The Hall–Kier alpha value is -1.62. The number of aliphatic hydroxyl groups is 1. The molecule has 0 saturated heterocycles. The first-order valence-corrected chi connectivity index (χ1v) is 29.9. The van der Waals surface area contributed by atoms with Crippen LogP contribution in [0.3, 0.4) is 0 Å². The van der Waals surface area contributed by atoms with Gasteiger partial charge in [-0.15, -0.1) is 0 Å². The molecule has 0 saturated carbocycles. The number of allylic oxidation sites excluding steroid dienone is 4. The second-order valence-electron chi connectivity index (χ2n) is 20.4. The molecular weight excluding hydrogens is 813 g/mol. The Morgan fingerprint density at radius 2 is 0.561 bits per heavy atom. The van der Waals surface area contributed by atoms with E-state index in [1.165, 1.54) is 270 Å². The molecule has 0 aromatic heterocycles. The Kier molecular flexibility index (Phi) is 56.3. The lowest BCUT2D eigenvalue weighted by Crippen LogP contribution is -2.28. The minimum Gasteiger partial charge on any atom is -0.462 e. The monoisotopic (exact) mass is 929 g/mol. The molecule has 66 heavy (non-hydrogen) atoms. The normalized spacial score (nSPS) is 12.2. The van der Waals surface area contributed by atoms with Crippen molar-refractivity contribution < 1.29 is 24.2 Å². The van der Waals surface area contributed by atoms with Gasteiger partial charge < -0.3 is 14.6 Å². The summed E-state index contributed by atoms with van der Waals surface area (Å²) in [6, 6.07) is 0. The maximum absolute atomic E-state index is 12.3. The van der Waals surface area contributed by atoms with Crippen molar-refractivity contribution >= 4 is 11.9 Å².